The van der Waals surface area contributed by atoms with Gasteiger partial charge in [0.2, 0.25) is 17.6 Å². The summed E-state index contributed by atoms with van der Waals surface area (Å²) in [5.41, 5.74) is 0.361. The standard InChI is InChI=1S/C20H16BrF2N3O4/c21-13-6-11-2-1-5-24(19(11)16(23)8-13)20(28)12-7-18(27)25(10-12)14-3-4-15(22)17(9-14)26(29)30/h3-4,6,8-9,12H,1-2,5,7,10H2. The second-order valence-corrected chi connectivity index (χ2v) is 8.20. The van der Waals surface area contributed by atoms with Gasteiger partial charge in [-0.15, -0.1) is 0 Å². The predicted octanol–water partition coefficient (Wildman–Crippen LogP) is 3.97. The van der Waals surface area contributed by atoms with E-state index in [0.29, 0.717) is 23.9 Å². The van der Waals surface area contributed by atoms with Crippen molar-refractivity contribution < 1.29 is 23.3 Å². The lowest BCUT2D eigenvalue weighted by molar-refractivity contribution is -0.387. The molecule has 0 radical (unpaired) electrons. The summed E-state index contributed by atoms with van der Waals surface area (Å²) in [6.07, 6.45) is 1.21. The van der Waals surface area contributed by atoms with Crippen molar-refractivity contribution in [1.82, 2.24) is 0 Å². The summed E-state index contributed by atoms with van der Waals surface area (Å²) in [5.74, 6) is -3.01. The average molecular weight is 480 g/mol. The first-order valence-electron chi connectivity index (χ1n) is 9.30. The van der Waals surface area contributed by atoms with E-state index in [0.717, 1.165) is 17.7 Å². The SMILES string of the molecule is O=C1CC(C(=O)N2CCCc3cc(Br)cc(F)c32)CN1c1ccc(F)c([N+](=O)[O-])c1. The molecule has 1 unspecified atom stereocenters. The first kappa shape index (κ1) is 20.4. The summed E-state index contributed by atoms with van der Waals surface area (Å²) in [4.78, 5) is 38.4. The molecule has 2 aromatic rings. The number of fused-ring (bicyclic) bond motifs is 1. The highest BCUT2D eigenvalue weighted by Gasteiger charge is 2.39. The molecule has 2 aromatic carbocycles. The minimum Gasteiger partial charge on any atom is -0.311 e. The van der Waals surface area contributed by atoms with Crippen molar-refractivity contribution >= 4 is 44.8 Å². The Hall–Kier alpha value is -2.88. The predicted molar refractivity (Wildman–Crippen MR) is 108 cm³/mol. The van der Waals surface area contributed by atoms with Crippen LogP contribution in [0, 0.1) is 27.7 Å². The lowest BCUT2D eigenvalue weighted by Gasteiger charge is -2.31. The van der Waals surface area contributed by atoms with Gasteiger partial charge in [-0.05, 0) is 42.7 Å². The van der Waals surface area contributed by atoms with Gasteiger partial charge in [0.1, 0.15) is 5.82 Å². The molecule has 1 atom stereocenters. The number of hydrogen-bond acceptors (Lipinski definition) is 4. The molecule has 4 rings (SSSR count). The topological polar surface area (TPSA) is 83.8 Å². The highest BCUT2D eigenvalue weighted by molar-refractivity contribution is 9.10. The van der Waals surface area contributed by atoms with Gasteiger partial charge in [-0.25, -0.2) is 4.39 Å². The smallest absolute Gasteiger partial charge is 0.306 e. The van der Waals surface area contributed by atoms with Gasteiger partial charge >= 0.3 is 5.69 Å². The molecule has 1 saturated heterocycles. The molecule has 0 N–H and O–H groups in total. The number of nitro benzene ring substituents is 1. The summed E-state index contributed by atoms with van der Waals surface area (Å²) in [5, 5.41) is 11.0. The van der Waals surface area contributed by atoms with E-state index in [-0.39, 0.29) is 30.2 Å². The fourth-order valence-electron chi connectivity index (χ4n) is 4.02. The summed E-state index contributed by atoms with van der Waals surface area (Å²) in [6, 6.07) is 6.24. The Kier molecular flexibility index (Phi) is 5.27. The Labute approximate surface area is 178 Å². The van der Waals surface area contributed by atoms with Crippen LogP contribution in [-0.4, -0.2) is 29.8 Å². The van der Waals surface area contributed by atoms with Crippen molar-refractivity contribution in [2.24, 2.45) is 5.92 Å². The van der Waals surface area contributed by atoms with Crippen molar-refractivity contribution in [3.05, 3.63) is 62.1 Å². The van der Waals surface area contributed by atoms with Crippen LogP contribution in [0.1, 0.15) is 18.4 Å². The molecule has 2 aliphatic rings. The van der Waals surface area contributed by atoms with Gasteiger partial charge in [0.25, 0.3) is 0 Å². The number of rotatable bonds is 3. The van der Waals surface area contributed by atoms with E-state index in [4.69, 9.17) is 0 Å². The number of anilines is 2. The van der Waals surface area contributed by atoms with Gasteiger partial charge in [0.05, 0.1) is 22.2 Å². The third-order valence-corrected chi connectivity index (χ3v) is 5.84. The van der Waals surface area contributed by atoms with Crippen LogP contribution in [0.15, 0.2) is 34.8 Å². The van der Waals surface area contributed by atoms with E-state index < -0.39 is 34.1 Å². The number of nitro groups is 1. The number of benzene rings is 2. The molecular weight excluding hydrogens is 464 g/mol. The number of amides is 2. The van der Waals surface area contributed by atoms with E-state index >= 15 is 0 Å². The van der Waals surface area contributed by atoms with E-state index in [1.165, 1.54) is 21.9 Å². The summed E-state index contributed by atoms with van der Waals surface area (Å²) in [6.45, 7) is 0.335. The molecule has 0 bridgehead atoms. The third-order valence-electron chi connectivity index (χ3n) is 5.38. The Bertz CT molecular complexity index is 1080. The van der Waals surface area contributed by atoms with Crippen LogP contribution in [0.5, 0.6) is 0 Å². The quantitative estimate of drug-likeness (QED) is 0.492. The lowest BCUT2D eigenvalue weighted by atomic mass is 9.98. The molecule has 2 amide bonds. The molecule has 0 spiro atoms. The minimum absolute atomic E-state index is 0.00949. The van der Waals surface area contributed by atoms with Gasteiger partial charge in [-0.3, -0.25) is 19.7 Å². The number of carbonyl (C=O) groups is 2. The number of aryl methyl sites for hydroxylation is 1. The number of hydrogen-bond donors (Lipinski definition) is 0. The number of nitrogens with zero attached hydrogens (tertiary/aromatic N) is 3. The fraction of sp³-hybridized carbons (Fsp3) is 0.300. The Balaban J connectivity index is 1.60. The zero-order valence-corrected chi connectivity index (χ0v) is 17.2. The van der Waals surface area contributed by atoms with E-state index in [1.54, 1.807) is 6.07 Å². The minimum atomic E-state index is -1.01. The van der Waals surface area contributed by atoms with Gasteiger partial charge in [0.15, 0.2) is 0 Å². The molecule has 0 aromatic heterocycles. The van der Waals surface area contributed by atoms with Crippen molar-refractivity contribution in [2.75, 3.05) is 22.9 Å². The van der Waals surface area contributed by atoms with E-state index in [9.17, 15) is 28.5 Å². The highest BCUT2D eigenvalue weighted by Crippen LogP contribution is 2.36. The second-order valence-electron chi connectivity index (χ2n) is 7.29. The molecule has 2 heterocycles. The van der Waals surface area contributed by atoms with Crippen LogP contribution in [-0.2, 0) is 16.0 Å². The van der Waals surface area contributed by atoms with Crippen LogP contribution >= 0.6 is 15.9 Å². The van der Waals surface area contributed by atoms with Crippen LogP contribution in [0.2, 0.25) is 0 Å². The molecule has 30 heavy (non-hydrogen) atoms. The van der Waals surface area contributed by atoms with E-state index in [1.807, 2.05) is 0 Å². The normalized spacial score (nSPS) is 18.5. The van der Waals surface area contributed by atoms with E-state index in [2.05, 4.69) is 15.9 Å². The largest absolute Gasteiger partial charge is 0.311 e. The van der Waals surface area contributed by atoms with Crippen molar-refractivity contribution in [3.8, 4) is 0 Å². The first-order valence-corrected chi connectivity index (χ1v) is 10.1. The van der Waals surface area contributed by atoms with Gasteiger partial charge in [0, 0.05) is 30.0 Å². The number of carbonyl (C=O) groups excluding carboxylic acids is 2. The average Bonchev–Trinajstić information content (AvgIpc) is 3.08. The molecule has 2 aliphatic heterocycles. The summed E-state index contributed by atoms with van der Waals surface area (Å²) < 4.78 is 28.8. The Morgan fingerprint density at radius 3 is 2.70 bits per heavy atom. The Morgan fingerprint density at radius 1 is 1.20 bits per heavy atom. The van der Waals surface area contributed by atoms with Crippen LogP contribution in [0.3, 0.4) is 0 Å². The molecule has 1 fully saturated rings. The maximum absolute atomic E-state index is 14.6. The first-order chi connectivity index (χ1) is 14.3. The van der Waals surface area contributed by atoms with Crippen molar-refractivity contribution in [3.63, 3.8) is 0 Å². The molecule has 156 valence electrons. The van der Waals surface area contributed by atoms with Crippen LogP contribution in [0.25, 0.3) is 0 Å². The second kappa shape index (κ2) is 7.75. The van der Waals surface area contributed by atoms with Crippen molar-refractivity contribution in [1.29, 1.82) is 0 Å². The third kappa shape index (κ3) is 3.55. The molecular formula is C20H16BrF2N3O4. The summed E-state index contributed by atoms with van der Waals surface area (Å²) in [7, 11) is 0. The van der Waals surface area contributed by atoms with Gasteiger partial charge < -0.3 is 9.80 Å². The van der Waals surface area contributed by atoms with Crippen LogP contribution in [0.4, 0.5) is 25.8 Å². The fourth-order valence-corrected chi connectivity index (χ4v) is 4.50. The molecule has 10 heteroatoms. The maximum atomic E-state index is 14.6. The van der Waals surface area contributed by atoms with Gasteiger partial charge in [-0.2, -0.15) is 4.39 Å². The maximum Gasteiger partial charge on any atom is 0.306 e. The summed E-state index contributed by atoms with van der Waals surface area (Å²) >= 11 is 3.26. The molecule has 7 nitrogen and oxygen atoms in total. The van der Waals surface area contributed by atoms with Gasteiger partial charge in [-0.1, -0.05) is 15.9 Å². The van der Waals surface area contributed by atoms with Crippen molar-refractivity contribution in [2.45, 2.75) is 19.3 Å². The van der Waals surface area contributed by atoms with Crippen LogP contribution < -0.4 is 9.80 Å². The molecule has 0 aliphatic carbocycles. The highest BCUT2D eigenvalue weighted by atomic mass is 79.9. The Morgan fingerprint density at radius 2 is 1.97 bits per heavy atom. The zero-order valence-electron chi connectivity index (χ0n) is 15.6. The lowest BCUT2D eigenvalue weighted by Crippen LogP contribution is -2.41. The monoisotopic (exact) mass is 479 g/mol. The molecule has 0 saturated carbocycles. The number of halogens is 3. The zero-order chi connectivity index (χ0) is 21.6.